The Hall–Kier alpha value is -3.42. The summed E-state index contributed by atoms with van der Waals surface area (Å²) in [6.07, 6.45) is 4.86. The summed E-state index contributed by atoms with van der Waals surface area (Å²) in [6.45, 7) is 0.599. The van der Waals surface area contributed by atoms with E-state index in [1.54, 1.807) is 18.2 Å². The molecular formula is C29H29ClFN3O3. The first-order chi connectivity index (χ1) is 17.8. The number of para-hydroxylation sites is 1. The first-order valence-corrected chi connectivity index (χ1v) is 12.8. The molecule has 2 amide bonds. The largest absolute Gasteiger partial charge is 0.495 e. The van der Waals surface area contributed by atoms with Crippen LogP contribution in [0.2, 0.25) is 5.02 Å². The molecule has 37 heavy (non-hydrogen) atoms. The van der Waals surface area contributed by atoms with Crippen LogP contribution < -0.4 is 20.7 Å². The summed E-state index contributed by atoms with van der Waals surface area (Å²) in [5.74, 6) is -0.978. The number of ether oxygens (including phenoxy) is 1. The fraction of sp³-hybridized carbons (Fsp3) is 0.310. The van der Waals surface area contributed by atoms with E-state index in [2.05, 4.69) is 11.4 Å². The summed E-state index contributed by atoms with van der Waals surface area (Å²) in [5, 5.41) is 2.83. The summed E-state index contributed by atoms with van der Waals surface area (Å²) in [5.41, 5.74) is 9.27. The number of amides is 2. The van der Waals surface area contributed by atoms with Gasteiger partial charge in [-0.05, 0) is 85.5 Å². The zero-order valence-electron chi connectivity index (χ0n) is 20.6. The van der Waals surface area contributed by atoms with E-state index in [9.17, 15) is 14.0 Å². The first kappa shape index (κ1) is 25.2. The molecule has 3 aromatic rings. The molecule has 0 bridgehead atoms. The van der Waals surface area contributed by atoms with Crippen LogP contribution in [-0.2, 0) is 6.42 Å². The maximum Gasteiger partial charge on any atom is 0.258 e. The minimum Gasteiger partial charge on any atom is -0.495 e. The number of carbonyl (C=O) groups excluding carboxylic acids is 2. The predicted octanol–water partition coefficient (Wildman–Crippen LogP) is 5.83. The van der Waals surface area contributed by atoms with E-state index in [4.69, 9.17) is 22.1 Å². The van der Waals surface area contributed by atoms with Gasteiger partial charge in [0.05, 0.1) is 23.4 Å². The van der Waals surface area contributed by atoms with E-state index < -0.39 is 11.7 Å². The van der Waals surface area contributed by atoms with E-state index in [0.717, 1.165) is 49.4 Å². The third-order valence-electron chi connectivity index (χ3n) is 7.57. The van der Waals surface area contributed by atoms with Gasteiger partial charge in [0.25, 0.3) is 11.8 Å². The molecule has 1 spiro atoms. The molecule has 3 N–H and O–H groups in total. The van der Waals surface area contributed by atoms with E-state index in [1.807, 2.05) is 23.1 Å². The van der Waals surface area contributed by atoms with Crippen molar-refractivity contribution < 1.29 is 18.7 Å². The predicted molar refractivity (Wildman–Crippen MR) is 143 cm³/mol. The van der Waals surface area contributed by atoms with Crippen LogP contribution >= 0.6 is 11.6 Å². The van der Waals surface area contributed by atoms with Gasteiger partial charge in [0.15, 0.2) is 0 Å². The molecule has 192 valence electrons. The van der Waals surface area contributed by atoms with Gasteiger partial charge in [0, 0.05) is 23.8 Å². The summed E-state index contributed by atoms with van der Waals surface area (Å²) < 4.78 is 19.1. The van der Waals surface area contributed by atoms with Gasteiger partial charge >= 0.3 is 0 Å². The Balaban J connectivity index is 1.41. The SMILES string of the molecule is COc1cc(C(=O)N2CC[C@@]3(CC[C@H](N)C3)Cc3ccccc32)ccc1NC(=O)c1cc(F)ccc1Cl. The lowest BCUT2D eigenvalue weighted by Gasteiger charge is -2.28. The summed E-state index contributed by atoms with van der Waals surface area (Å²) in [4.78, 5) is 28.4. The number of nitrogens with zero attached hydrogens (tertiary/aromatic N) is 1. The van der Waals surface area contributed by atoms with Crippen molar-refractivity contribution in [1.82, 2.24) is 0 Å². The van der Waals surface area contributed by atoms with Crippen molar-refractivity contribution in [2.75, 3.05) is 23.9 Å². The molecular weight excluding hydrogens is 493 g/mol. The van der Waals surface area contributed by atoms with Crippen molar-refractivity contribution in [3.63, 3.8) is 0 Å². The van der Waals surface area contributed by atoms with Crippen molar-refractivity contribution in [2.24, 2.45) is 11.1 Å². The average molecular weight is 522 g/mol. The number of anilines is 2. The smallest absolute Gasteiger partial charge is 0.258 e. The highest BCUT2D eigenvalue weighted by molar-refractivity contribution is 6.34. The Morgan fingerprint density at radius 3 is 2.70 bits per heavy atom. The van der Waals surface area contributed by atoms with Gasteiger partial charge in [-0.2, -0.15) is 0 Å². The molecule has 8 heteroatoms. The minimum absolute atomic E-state index is 0.00519. The zero-order chi connectivity index (χ0) is 26.2. The summed E-state index contributed by atoms with van der Waals surface area (Å²) in [6, 6.07) is 16.7. The minimum atomic E-state index is -0.580. The van der Waals surface area contributed by atoms with Gasteiger partial charge in [-0.3, -0.25) is 9.59 Å². The molecule has 3 aromatic carbocycles. The van der Waals surface area contributed by atoms with Gasteiger partial charge in [0.1, 0.15) is 11.6 Å². The number of halogens is 2. The van der Waals surface area contributed by atoms with Crippen LogP contribution in [-0.4, -0.2) is 31.5 Å². The number of rotatable bonds is 4. The van der Waals surface area contributed by atoms with Crippen molar-refractivity contribution in [2.45, 2.75) is 38.1 Å². The Morgan fingerprint density at radius 1 is 1.14 bits per heavy atom. The van der Waals surface area contributed by atoms with Crippen LogP contribution in [0.15, 0.2) is 60.7 Å². The topological polar surface area (TPSA) is 84.7 Å². The van der Waals surface area contributed by atoms with E-state index in [1.165, 1.54) is 19.2 Å². The third-order valence-corrected chi connectivity index (χ3v) is 7.90. The maximum atomic E-state index is 13.8. The van der Waals surface area contributed by atoms with Gasteiger partial charge in [0.2, 0.25) is 0 Å². The number of nitrogens with two attached hydrogens (primary N) is 1. The Kier molecular flexibility index (Phi) is 6.92. The quantitative estimate of drug-likeness (QED) is 0.452. The van der Waals surface area contributed by atoms with Gasteiger partial charge in [-0.15, -0.1) is 0 Å². The molecule has 1 heterocycles. The highest BCUT2D eigenvalue weighted by Crippen LogP contribution is 2.47. The number of hydrogen-bond donors (Lipinski definition) is 2. The molecule has 1 saturated carbocycles. The van der Waals surface area contributed by atoms with Gasteiger partial charge in [-0.1, -0.05) is 29.8 Å². The van der Waals surface area contributed by atoms with Crippen molar-refractivity contribution in [3.8, 4) is 5.75 Å². The lowest BCUT2D eigenvalue weighted by atomic mass is 9.77. The molecule has 6 nitrogen and oxygen atoms in total. The van der Waals surface area contributed by atoms with Crippen LogP contribution in [0.1, 0.15) is 52.0 Å². The average Bonchev–Trinajstić information content (AvgIpc) is 3.17. The number of methoxy groups -OCH3 is 1. The monoisotopic (exact) mass is 521 g/mol. The number of hydrogen-bond acceptors (Lipinski definition) is 4. The first-order valence-electron chi connectivity index (χ1n) is 12.4. The van der Waals surface area contributed by atoms with Crippen molar-refractivity contribution >= 4 is 34.8 Å². The second kappa shape index (κ2) is 10.1. The van der Waals surface area contributed by atoms with Crippen LogP contribution in [0.5, 0.6) is 5.75 Å². The second-order valence-corrected chi connectivity index (χ2v) is 10.4. The number of fused-ring (bicyclic) bond motifs is 1. The third kappa shape index (κ3) is 5.06. The normalized spacial score (nSPS) is 20.9. The molecule has 5 rings (SSSR count). The summed E-state index contributed by atoms with van der Waals surface area (Å²) >= 11 is 6.08. The van der Waals surface area contributed by atoms with Crippen molar-refractivity contribution in [3.05, 3.63) is 88.2 Å². The maximum absolute atomic E-state index is 13.8. The molecule has 1 aliphatic carbocycles. The van der Waals surface area contributed by atoms with E-state index >= 15 is 0 Å². The Labute approximate surface area is 220 Å². The molecule has 2 aliphatic rings. The van der Waals surface area contributed by atoms with E-state index in [0.29, 0.717) is 23.5 Å². The summed E-state index contributed by atoms with van der Waals surface area (Å²) in [7, 11) is 1.46. The van der Waals surface area contributed by atoms with Crippen LogP contribution in [0.4, 0.5) is 15.8 Å². The molecule has 2 atom stereocenters. The number of benzene rings is 3. The second-order valence-electron chi connectivity index (χ2n) is 10.0. The van der Waals surface area contributed by atoms with Crippen molar-refractivity contribution in [1.29, 1.82) is 0 Å². The lowest BCUT2D eigenvalue weighted by molar-refractivity contribution is 0.0983. The van der Waals surface area contributed by atoms with Crippen LogP contribution in [0.25, 0.3) is 0 Å². The Morgan fingerprint density at radius 2 is 1.95 bits per heavy atom. The Bertz CT molecular complexity index is 1360. The van der Waals surface area contributed by atoms with Crippen LogP contribution in [0.3, 0.4) is 0 Å². The number of nitrogens with one attached hydrogen (secondary N) is 1. The fourth-order valence-corrected chi connectivity index (χ4v) is 5.88. The molecule has 1 aliphatic heterocycles. The standard InChI is InChI=1S/C29H29ClFN3O3/c1-37-26-14-18(6-9-24(26)33-27(35)22-15-20(31)7-8-23(22)30)28(36)34-13-12-29(11-10-21(32)17-29)16-19-4-2-3-5-25(19)34/h2-9,14-15,21H,10-13,16-17,32H2,1H3,(H,33,35)/t21-,29-/m0/s1. The highest BCUT2D eigenvalue weighted by Gasteiger charge is 2.41. The molecule has 0 saturated heterocycles. The van der Waals surface area contributed by atoms with Crippen LogP contribution in [0, 0.1) is 11.2 Å². The highest BCUT2D eigenvalue weighted by atomic mass is 35.5. The fourth-order valence-electron chi connectivity index (χ4n) is 5.68. The lowest BCUT2D eigenvalue weighted by Crippen LogP contribution is -2.33. The van der Waals surface area contributed by atoms with Gasteiger partial charge in [-0.25, -0.2) is 4.39 Å². The molecule has 0 radical (unpaired) electrons. The molecule has 0 aromatic heterocycles. The molecule has 0 unspecified atom stereocenters. The van der Waals surface area contributed by atoms with E-state index in [-0.39, 0.29) is 28.0 Å². The van der Waals surface area contributed by atoms with Gasteiger partial charge < -0.3 is 20.7 Å². The number of carbonyl (C=O) groups is 2. The molecule has 1 fully saturated rings. The zero-order valence-corrected chi connectivity index (χ0v) is 21.4.